The zero-order valence-corrected chi connectivity index (χ0v) is 86.2. The number of hydrogen-bond acceptors (Lipinski definition) is 33. The van der Waals surface area contributed by atoms with Gasteiger partial charge in [-0.3, -0.25) is 52.1 Å². The van der Waals surface area contributed by atoms with Crippen LogP contribution in [-0.2, 0) is 133 Å². The molecule has 0 aliphatic carbocycles. The first kappa shape index (κ1) is 127. The maximum Gasteiger partial charge on any atom is 0.306 e. The van der Waals surface area contributed by atoms with Gasteiger partial charge >= 0.3 is 47.8 Å². The lowest BCUT2D eigenvalue weighted by Crippen LogP contribution is -2.43. The molecular formula is C94H172ClN7O30S. The molecule has 0 saturated carbocycles. The first-order valence-corrected chi connectivity index (χ1v) is 49.0. The van der Waals surface area contributed by atoms with Crippen LogP contribution in [0.25, 0.3) is 10.4 Å². The van der Waals surface area contributed by atoms with Crippen LogP contribution in [0.15, 0.2) is 5.11 Å². The lowest BCUT2D eigenvalue weighted by atomic mass is 9.93. The van der Waals surface area contributed by atoms with Crippen LogP contribution in [0.4, 0.5) is 0 Å². The molecule has 7 rings (SSSR count). The van der Waals surface area contributed by atoms with Gasteiger partial charge in [-0.1, -0.05) is 5.11 Å². The van der Waals surface area contributed by atoms with Crippen molar-refractivity contribution in [3.8, 4) is 0 Å². The van der Waals surface area contributed by atoms with Crippen LogP contribution >= 0.6 is 12.4 Å². The third kappa shape index (κ3) is 71.0. The Bertz CT molecular complexity index is 3410. The second kappa shape index (κ2) is 65.6. The maximum atomic E-state index is 11.9. The fourth-order valence-corrected chi connectivity index (χ4v) is 14.9. The number of carbonyl (C=O) groups is 10. The number of amides is 2. The Balaban J connectivity index is 0.00000154. The molecule has 133 heavy (non-hydrogen) atoms. The lowest BCUT2D eigenvalue weighted by Gasteiger charge is -2.32. The molecule has 0 aromatic carbocycles. The van der Waals surface area contributed by atoms with Crippen molar-refractivity contribution < 1.29 is 142 Å². The normalized spacial score (nSPS) is 23.8. The summed E-state index contributed by atoms with van der Waals surface area (Å²) < 4.78 is 107. The molecule has 0 aromatic heterocycles. The SMILES string of the molecule is CC(=O)N(CCO)C[C@@H]1CC[C@@H](N)CO1.CC(=O)OCCCC[C@@H]1CC[C@@H](CC(=O)OC(C)(C)C)CO1.CC(=O)OCCN(C[C@@H]1CC[C@@H](CC(=O)OC(C)(C)C)CO1)C(C)=O.CC(C)(C)OC(=O)C[C@@H]1CC[C@@H](CN)OC1.CC(C)(C)OC(=O)C[C@@H]1CC[C@@H](CN=[N+]=[N-])OC1.CC(C)(C)OC(=O)C[C@@H]1CC[C@@H](CO)OC1.CC(C)(C)OC(=O)C[C@@H]1CC[C@@H](COS(C)(=O)=O)OC1.Cl. The number of hydrogen-bond donors (Lipinski definition) is 4. The van der Waals surface area contributed by atoms with Gasteiger partial charge in [0.05, 0.1) is 173 Å². The van der Waals surface area contributed by atoms with E-state index < -0.39 is 43.7 Å². The van der Waals surface area contributed by atoms with E-state index in [1.54, 1.807) is 9.80 Å². The van der Waals surface area contributed by atoms with Crippen LogP contribution in [-0.4, -0.2) is 295 Å². The minimum absolute atomic E-state index is 0. The van der Waals surface area contributed by atoms with Crippen LogP contribution in [0, 0.1) is 35.5 Å². The molecule has 0 aromatic rings. The Morgan fingerprint density at radius 2 is 0.699 bits per heavy atom. The predicted molar refractivity (Wildman–Crippen MR) is 501 cm³/mol. The molecule has 7 aliphatic rings. The lowest BCUT2D eigenvalue weighted by molar-refractivity contribution is -0.159. The van der Waals surface area contributed by atoms with E-state index in [0.29, 0.717) is 137 Å². The molecule has 14 atom stereocenters. The average Bonchev–Trinajstić information content (AvgIpc) is 0.885. The van der Waals surface area contributed by atoms with Crippen LogP contribution in [0.2, 0.25) is 0 Å². The summed E-state index contributed by atoms with van der Waals surface area (Å²) in [6.07, 6.45) is 18.8. The van der Waals surface area contributed by atoms with Gasteiger partial charge in [-0.15, -0.1) is 12.4 Å². The van der Waals surface area contributed by atoms with E-state index in [1.807, 2.05) is 125 Å². The topological polar surface area (TPSA) is 500 Å². The van der Waals surface area contributed by atoms with Gasteiger partial charge in [0, 0.05) is 64.8 Å². The van der Waals surface area contributed by atoms with Gasteiger partial charge < -0.3 is 103 Å². The molecule has 7 aliphatic heterocycles. The number of nitrogens with two attached hydrogens (primary N) is 2. The number of azide groups is 1. The third-order valence-corrected chi connectivity index (χ3v) is 21.3. The van der Waals surface area contributed by atoms with E-state index in [0.717, 1.165) is 109 Å². The van der Waals surface area contributed by atoms with Crippen LogP contribution in [0.1, 0.15) is 300 Å². The summed E-state index contributed by atoms with van der Waals surface area (Å²) in [5.74, 6) is -0.443. The molecule has 7 heterocycles. The number of aliphatic hydroxyl groups excluding tert-OH is 2. The van der Waals surface area contributed by atoms with E-state index in [4.69, 9.17) is 102 Å². The van der Waals surface area contributed by atoms with Crippen LogP contribution in [0.5, 0.6) is 0 Å². The number of ether oxygens (including phenoxy) is 15. The number of aliphatic hydroxyl groups is 2. The molecule has 37 nitrogen and oxygen atoms in total. The number of nitrogens with zero attached hydrogens (tertiary/aromatic N) is 5. The molecule has 7 fully saturated rings. The molecule has 39 heteroatoms. The Morgan fingerprint density at radius 3 is 0.970 bits per heavy atom. The summed E-state index contributed by atoms with van der Waals surface area (Å²) in [6, 6.07) is 0.130. The summed E-state index contributed by atoms with van der Waals surface area (Å²) in [5.41, 5.74) is 16.8. The Kier molecular flexibility index (Phi) is 62.5. The molecule has 0 bridgehead atoms. The fourth-order valence-electron chi connectivity index (χ4n) is 14.5. The molecule has 7 saturated heterocycles. The Labute approximate surface area is 799 Å². The summed E-state index contributed by atoms with van der Waals surface area (Å²) >= 11 is 0. The average molecular weight is 1950 g/mol. The van der Waals surface area contributed by atoms with E-state index in [1.165, 1.54) is 27.7 Å². The summed E-state index contributed by atoms with van der Waals surface area (Å²) in [4.78, 5) is 120. The van der Waals surface area contributed by atoms with Gasteiger partial charge in [0.2, 0.25) is 11.8 Å². The first-order chi connectivity index (χ1) is 61.2. The maximum absolute atomic E-state index is 11.9. The van der Waals surface area contributed by atoms with E-state index in [-0.39, 0.29) is 183 Å². The van der Waals surface area contributed by atoms with Gasteiger partial charge in [-0.05, 0) is 275 Å². The smallest absolute Gasteiger partial charge is 0.306 e. The second-order valence-electron chi connectivity index (χ2n) is 41.1. The van der Waals surface area contributed by atoms with Crippen molar-refractivity contribution in [3.63, 3.8) is 0 Å². The second-order valence-corrected chi connectivity index (χ2v) is 42.7. The molecule has 0 radical (unpaired) electrons. The minimum Gasteiger partial charge on any atom is -0.466 e. The molecule has 776 valence electrons. The summed E-state index contributed by atoms with van der Waals surface area (Å²) in [6.45, 7) is 46.6. The van der Waals surface area contributed by atoms with Crippen molar-refractivity contribution in [1.29, 1.82) is 0 Å². The zero-order chi connectivity index (χ0) is 100. The van der Waals surface area contributed by atoms with Crippen molar-refractivity contribution in [1.82, 2.24) is 9.80 Å². The van der Waals surface area contributed by atoms with Crippen molar-refractivity contribution in [2.24, 2.45) is 52.1 Å². The molecular weight excluding hydrogens is 1770 g/mol. The largest absolute Gasteiger partial charge is 0.466 e. The van der Waals surface area contributed by atoms with Gasteiger partial charge in [0.25, 0.3) is 10.1 Å². The third-order valence-electron chi connectivity index (χ3n) is 20.7. The highest BCUT2D eigenvalue weighted by Gasteiger charge is 2.34. The van der Waals surface area contributed by atoms with Gasteiger partial charge in [0.15, 0.2) is 0 Å². The standard InChI is InChI=1S/C18H31NO6.C17H30O5.C13H24O6S.C12H21N3O3.C12H23NO3.C12H22O4.C10H20N2O3.ClH/c1-13(20)19(8-9-23-14(2)21)11-16-7-6-15(12-24-16)10-17(22)25-18(3,4)5;1-13(18)20-10-6-5-7-15-9-8-14(12-21-15)11-16(19)22-17(2,3)4;1-13(2,3)19-12(14)7-10-5-6-11(17-8-10)9-18-20(4,15)16;1-12(2,3)18-11(16)6-9-4-5-10(17-8-9)7-14-15-13;2*1-12(2,3)16-11(14)6-9-4-5-10(7-13)15-8-9;1-8(14)12(4-5-13)6-10-3-2-9(11)7-15-10;/h15-16H,6-12H2,1-5H3;14-15H,5-12H2,1-4H3;10-11H,5-9H2,1-4H3;9-10H,4-8H2,1-3H3;9-10H,4-8,13H2,1-3H3;9-10,13H,4-8H2,1-3H3;9-10,13H,2-7,11H2,1H3;1H/t15-,16-;14-,15+;10-,11-;3*9-,10-;9-,10+;/m0000001./s1. The number of halogens is 1. The first-order valence-electron chi connectivity index (χ1n) is 47.1. The van der Waals surface area contributed by atoms with Crippen LogP contribution in [0.3, 0.4) is 0 Å². The number of carbonyl (C=O) groups excluding carboxylic acids is 10. The van der Waals surface area contributed by atoms with E-state index in [2.05, 4.69) is 10.0 Å². The Morgan fingerprint density at radius 1 is 0.406 bits per heavy atom. The monoisotopic (exact) mass is 1950 g/mol. The van der Waals surface area contributed by atoms with Crippen molar-refractivity contribution in [2.75, 3.05) is 125 Å². The van der Waals surface area contributed by atoms with Gasteiger partial charge in [-0.2, -0.15) is 8.42 Å². The summed E-state index contributed by atoms with van der Waals surface area (Å²) in [5, 5.41) is 21.2. The van der Waals surface area contributed by atoms with E-state index in [9.17, 15) is 56.4 Å². The highest BCUT2D eigenvalue weighted by Crippen LogP contribution is 2.31. The number of rotatable bonds is 33. The number of unbranched alkanes of at least 4 members (excludes halogenated alkanes) is 1. The van der Waals surface area contributed by atoms with Gasteiger partial charge in [0.1, 0.15) is 40.2 Å². The quantitative estimate of drug-likeness (QED) is 0.00901. The highest BCUT2D eigenvalue weighted by atomic mass is 35.5. The van der Waals surface area contributed by atoms with Crippen LogP contribution < -0.4 is 11.5 Å². The number of esters is 8. The summed E-state index contributed by atoms with van der Waals surface area (Å²) in [7, 11) is -3.43. The zero-order valence-electron chi connectivity index (χ0n) is 84.6. The van der Waals surface area contributed by atoms with Gasteiger partial charge in [-0.25, -0.2) is 0 Å². The minimum atomic E-state index is -3.43. The van der Waals surface area contributed by atoms with E-state index >= 15 is 0 Å². The van der Waals surface area contributed by atoms with Crippen molar-refractivity contribution in [2.45, 2.75) is 382 Å². The molecule has 6 N–H and O–H groups in total. The predicted octanol–water partition coefficient (Wildman–Crippen LogP) is 12.2. The fraction of sp³-hybridized carbons (Fsp3) is 0.894. The van der Waals surface area contributed by atoms with Crippen molar-refractivity contribution in [3.05, 3.63) is 10.4 Å². The molecule has 2 amide bonds. The molecule has 0 spiro atoms. The highest BCUT2D eigenvalue weighted by molar-refractivity contribution is 7.86. The Hall–Kier alpha value is -6.23. The molecule has 0 unspecified atom stereocenters. The van der Waals surface area contributed by atoms with Crippen molar-refractivity contribution >= 4 is 82.1 Å².